The third-order valence-corrected chi connectivity index (χ3v) is 4.16. The van der Waals surface area contributed by atoms with Crippen LogP contribution >= 0.6 is 11.3 Å². The van der Waals surface area contributed by atoms with E-state index in [-0.39, 0.29) is 0 Å². The molecule has 0 unspecified atom stereocenters. The second-order valence-electron chi connectivity index (χ2n) is 4.80. The van der Waals surface area contributed by atoms with Gasteiger partial charge in [0, 0.05) is 6.07 Å². The Morgan fingerprint density at radius 2 is 1.73 bits per heavy atom. The molecule has 4 heteroatoms. The normalized spacial score (nSPS) is 10.7. The lowest BCUT2D eigenvalue weighted by molar-refractivity contribution is 0.483. The van der Waals surface area contributed by atoms with Crippen molar-refractivity contribution in [1.82, 2.24) is 9.97 Å². The highest BCUT2D eigenvalue weighted by Crippen LogP contribution is 2.27. The number of fused-ring (bicyclic) bond motifs is 1. The van der Waals surface area contributed by atoms with E-state index in [1.165, 1.54) is 0 Å². The molecule has 2 heterocycles. The van der Waals surface area contributed by atoms with Crippen LogP contribution in [0.1, 0.15) is 0 Å². The van der Waals surface area contributed by atoms with Crippen LogP contribution in [-0.4, -0.2) is 9.97 Å². The van der Waals surface area contributed by atoms with Crippen LogP contribution in [0.3, 0.4) is 0 Å². The minimum Gasteiger partial charge on any atom is -0.457 e. The highest BCUT2D eigenvalue weighted by atomic mass is 32.1. The average Bonchev–Trinajstić information content (AvgIpc) is 3.10. The first-order valence-corrected chi connectivity index (χ1v) is 7.80. The molecule has 0 radical (unpaired) electrons. The van der Waals surface area contributed by atoms with Gasteiger partial charge in [0.15, 0.2) is 0 Å². The summed E-state index contributed by atoms with van der Waals surface area (Å²) < 4.78 is 5.85. The van der Waals surface area contributed by atoms with Crippen molar-refractivity contribution >= 4 is 22.4 Å². The average molecular weight is 304 g/mol. The molecule has 0 bridgehead atoms. The van der Waals surface area contributed by atoms with Gasteiger partial charge >= 0.3 is 0 Å². The molecule has 4 aromatic rings. The van der Waals surface area contributed by atoms with Crippen molar-refractivity contribution in [3.05, 3.63) is 72.2 Å². The quantitative estimate of drug-likeness (QED) is 0.525. The lowest BCUT2D eigenvalue weighted by Crippen LogP contribution is -1.89. The Balaban J connectivity index is 1.73. The molecule has 0 saturated carbocycles. The molecule has 4 rings (SSSR count). The molecule has 0 aliphatic heterocycles. The van der Waals surface area contributed by atoms with E-state index in [1.807, 2.05) is 72.2 Å². The fourth-order valence-corrected chi connectivity index (χ4v) is 2.90. The van der Waals surface area contributed by atoms with Crippen LogP contribution in [0.4, 0.5) is 0 Å². The number of ether oxygens (including phenoxy) is 1. The lowest BCUT2D eigenvalue weighted by atomic mass is 10.2. The van der Waals surface area contributed by atoms with Crippen molar-refractivity contribution in [1.29, 1.82) is 0 Å². The maximum atomic E-state index is 5.85. The fraction of sp³-hybridized carbons (Fsp3) is 0. The first-order chi connectivity index (χ1) is 10.9. The van der Waals surface area contributed by atoms with Crippen LogP contribution in [-0.2, 0) is 0 Å². The van der Waals surface area contributed by atoms with Crippen molar-refractivity contribution < 1.29 is 4.74 Å². The summed E-state index contributed by atoms with van der Waals surface area (Å²) in [5, 5.41) is 2.04. The number of nitrogens with zero attached hydrogens (tertiary/aromatic N) is 2. The van der Waals surface area contributed by atoms with E-state index in [0.717, 1.165) is 33.1 Å². The molecule has 2 aromatic heterocycles. The Kier molecular flexibility index (Phi) is 3.29. The molecule has 0 aliphatic rings. The predicted molar refractivity (Wildman–Crippen MR) is 89.4 cm³/mol. The summed E-state index contributed by atoms with van der Waals surface area (Å²) in [5.74, 6) is 1.57. The van der Waals surface area contributed by atoms with Gasteiger partial charge in [-0.25, -0.2) is 4.98 Å². The van der Waals surface area contributed by atoms with E-state index in [9.17, 15) is 0 Å². The van der Waals surface area contributed by atoms with Gasteiger partial charge in [0.25, 0.3) is 0 Å². The summed E-state index contributed by atoms with van der Waals surface area (Å²) in [6.45, 7) is 0. The fourth-order valence-electron chi connectivity index (χ4n) is 2.22. The number of hydrogen-bond acceptors (Lipinski definition) is 4. The van der Waals surface area contributed by atoms with Gasteiger partial charge in [0.2, 0.25) is 0 Å². The third-order valence-electron chi connectivity index (χ3n) is 3.27. The number of hydrogen-bond donors (Lipinski definition) is 0. The summed E-state index contributed by atoms with van der Waals surface area (Å²) in [6, 6.07) is 19.5. The van der Waals surface area contributed by atoms with Crippen molar-refractivity contribution in [3.63, 3.8) is 0 Å². The molecule has 0 saturated heterocycles. The molecule has 106 valence electrons. The highest BCUT2D eigenvalue weighted by molar-refractivity contribution is 7.13. The molecule has 0 N–H and O–H groups in total. The summed E-state index contributed by atoms with van der Waals surface area (Å²) in [5.41, 5.74) is 2.58. The van der Waals surface area contributed by atoms with E-state index < -0.39 is 0 Å². The molecule has 2 aromatic carbocycles. The highest BCUT2D eigenvalue weighted by Gasteiger charge is 2.05. The van der Waals surface area contributed by atoms with E-state index >= 15 is 0 Å². The molecule has 0 amide bonds. The molecule has 0 spiro atoms. The molecular formula is C18H12N2OS. The van der Waals surface area contributed by atoms with Crippen LogP contribution in [0, 0.1) is 0 Å². The second-order valence-corrected chi connectivity index (χ2v) is 5.75. The van der Waals surface area contributed by atoms with Crippen molar-refractivity contribution in [2.75, 3.05) is 0 Å². The molecular weight excluding hydrogens is 292 g/mol. The van der Waals surface area contributed by atoms with E-state index in [1.54, 1.807) is 11.3 Å². The minimum atomic E-state index is 0.760. The lowest BCUT2D eigenvalue weighted by Gasteiger charge is -2.06. The number of benzene rings is 2. The number of thiophene rings is 1. The Labute approximate surface area is 131 Å². The first kappa shape index (κ1) is 13.0. The Hall–Kier alpha value is -2.72. The molecule has 0 atom stereocenters. The van der Waals surface area contributed by atoms with Gasteiger partial charge in [0.05, 0.1) is 27.8 Å². The topological polar surface area (TPSA) is 35.0 Å². The van der Waals surface area contributed by atoms with Gasteiger partial charge < -0.3 is 4.74 Å². The zero-order chi connectivity index (χ0) is 14.8. The number of para-hydroxylation sites is 1. The van der Waals surface area contributed by atoms with Crippen LogP contribution < -0.4 is 4.74 Å². The van der Waals surface area contributed by atoms with Gasteiger partial charge in [-0.1, -0.05) is 24.3 Å². The van der Waals surface area contributed by atoms with Gasteiger partial charge in [-0.05, 0) is 35.7 Å². The standard InChI is InChI=1S/C18H12N2OS/c1-2-5-13(6-3-1)21-14-8-9-15-16(11-14)20-17(12-19-15)18-7-4-10-22-18/h1-12H. The zero-order valence-corrected chi connectivity index (χ0v) is 12.5. The van der Waals surface area contributed by atoms with Gasteiger partial charge in [-0.3, -0.25) is 4.98 Å². The first-order valence-electron chi connectivity index (χ1n) is 6.92. The minimum absolute atomic E-state index is 0.760. The maximum absolute atomic E-state index is 5.85. The summed E-state index contributed by atoms with van der Waals surface area (Å²) >= 11 is 1.66. The van der Waals surface area contributed by atoms with E-state index in [4.69, 9.17) is 4.74 Å². The van der Waals surface area contributed by atoms with Crippen LogP contribution in [0.2, 0.25) is 0 Å². The van der Waals surface area contributed by atoms with Crippen LogP contribution in [0.5, 0.6) is 11.5 Å². The number of rotatable bonds is 3. The van der Waals surface area contributed by atoms with E-state index in [0.29, 0.717) is 0 Å². The predicted octanol–water partition coefficient (Wildman–Crippen LogP) is 5.15. The Morgan fingerprint density at radius 3 is 2.55 bits per heavy atom. The summed E-state index contributed by atoms with van der Waals surface area (Å²) in [4.78, 5) is 10.3. The molecule has 3 nitrogen and oxygen atoms in total. The number of aromatic nitrogens is 2. The maximum Gasteiger partial charge on any atom is 0.129 e. The summed E-state index contributed by atoms with van der Waals surface area (Å²) in [6.07, 6.45) is 1.81. The smallest absolute Gasteiger partial charge is 0.129 e. The largest absolute Gasteiger partial charge is 0.457 e. The van der Waals surface area contributed by atoms with Crippen molar-refractivity contribution in [3.8, 4) is 22.1 Å². The van der Waals surface area contributed by atoms with Gasteiger partial charge in [0.1, 0.15) is 11.5 Å². The zero-order valence-electron chi connectivity index (χ0n) is 11.6. The van der Waals surface area contributed by atoms with Crippen LogP contribution in [0.25, 0.3) is 21.6 Å². The van der Waals surface area contributed by atoms with E-state index in [2.05, 4.69) is 9.97 Å². The Bertz CT molecular complexity index is 905. The third kappa shape index (κ3) is 2.56. The van der Waals surface area contributed by atoms with Crippen molar-refractivity contribution in [2.45, 2.75) is 0 Å². The van der Waals surface area contributed by atoms with Crippen molar-refractivity contribution in [2.24, 2.45) is 0 Å². The molecule has 0 aliphatic carbocycles. The van der Waals surface area contributed by atoms with Crippen LogP contribution in [0.15, 0.2) is 72.2 Å². The Morgan fingerprint density at radius 1 is 0.818 bits per heavy atom. The molecule has 0 fully saturated rings. The second kappa shape index (κ2) is 5.58. The monoisotopic (exact) mass is 304 g/mol. The SMILES string of the molecule is c1ccc(Oc2ccc3ncc(-c4cccs4)nc3c2)cc1. The summed E-state index contributed by atoms with van der Waals surface area (Å²) in [7, 11) is 0. The molecule has 22 heavy (non-hydrogen) atoms. The van der Waals surface area contributed by atoms with Gasteiger partial charge in [-0.15, -0.1) is 11.3 Å². The van der Waals surface area contributed by atoms with Gasteiger partial charge in [-0.2, -0.15) is 0 Å².